The summed E-state index contributed by atoms with van der Waals surface area (Å²) in [4.78, 5) is 28.8. The molecule has 5 rings (SSSR count). The highest BCUT2D eigenvalue weighted by atomic mass is 16.6. The number of hydrogen-bond acceptors (Lipinski definition) is 8. The normalized spacial score (nSPS) is 14.3. The lowest BCUT2D eigenvalue weighted by Crippen LogP contribution is -2.46. The predicted molar refractivity (Wildman–Crippen MR) is 129 cm³/mol. The Labute approximate surface area is 196 Å². The Balaban J connectivity index is 1.39. The Morgan fingerprint density at radius 3 is 2.53 bits per heavy atom. The molecule has 0 radical (unpaired) electrons. The summed E-state index contributed by atoms with van der Waals surface area (Å²) in [6.45, 7) is 5.54. The molecule has 1 aliphatic rings. The lowest BCUT2D eigenvalue weighted by atomic mass is 10.2. The van der Waals surface area contributed by atoms with Crippen molar-refractivity contribution in [3.05, 3.63) is 88.4 Å². The summed E-state index contributed by atoms with van der Waals surface area (Å²) in [7, 11) is 0. The number of anilines is 1. The number of pyridine rings is 1. The molecule has 4 aromatic rings. The molecular formula is C25H24N6O3. The van der Waals surface area contributed by atoms with Gasteiger partial charge in [-0.1, -0.05) is 48.5 Å². The molecular weight excluding hydrogens is 432 g/mol. The minimum absolute atomic E-state index is 0.0856. The topological polar surface area (TPSA) is 97.5 Å². The standard InChI is InChI=1S/C25H24N6O3/c1-18-10-11-20-8-5-9-21(22(20)28-18)34-25-23(31(32)33)24(26-17-27-25)30-14-12-29(13-15-30)16-19-6-3-2-4-7-19/h2-11,17H,12-16H2,1H3. The number of para-hydroxylation sites is 1. The molecule has 0 unspecified atom stereocenters. The Kier molecular flexibility index (Phi) is 6.01. The van der Waals surface area contributed by atoms with Gasteiger partial charge < -0.3 is 9.64 Å². The molecule has 1 saturated heterocycles. The van der Waals surface area contributed by atoms with Crippen molar-refractivity contribution in [2.24, 2.45) is 0 Å². The molecule has 0 amide bonds. The first-order chi connectivity index (χ1) is 16.6. The summed E-state index contributed by atoms with van der Waals surface area (Å²) in [6, 6.07) is 19.6. The van der Waals surface area contributed by atoms with Gasteiger partial charge in [-0.2, -0.15) is 4.98 Å². The van der Waals surface area contributed by atoms with Gasteiger partial charge in [-0.15, -0.1) is 0 Å². The van der Waals surface area contributed by atoms with Gasteiger partial charge in [-0.25, -0.2) is 9.97 Å². The predicted octanol–water partition coefficient (Wildman–Crippen LogP) is 4.36. The van der Waals surface area contributed by atoms with Crippen LogP contribution in [0, 0.1) is 17.0 Å². The van der Waals surface area contributed by atoms with Gasteiger partial charge >= 0.3 is 11.6 Å². The number of piperazine rings is 1. The number of fused-ring (bicyclic) bond motifs is 1. The van der Waals surface area contributed by atoms with Gasteiger partial charge in [-0.05, 0) is 24.6 Å². The van der Waals surface area contributed by atoms with Crippen LogP contribution in [0.25, 0.3) is 10.9 Å². The van der Waals surface area contributed by atoms with Crippen LogP contribution < -0.4 is 9.64 Å². The second-order valence-corrected chi connectivity index (χ2v) is 8.24. The maximum Gasteiger partial charge on any atom is 0.373 e. The Morgan fingerprint density at radius 2 is 1.76 bits per heavy atom. The van der Waals surface area contributed by atoms with Crippen LogP contribution in [0.3, 0.4) is 0 Å². The van der Waals surface area contributed by atoms with Crippen molar-refractivity contribution in [3.63, 3.8) is 0 Å². The van der Waals surface area contributed by atoms with Crippen LogP contribution in [0.4, 0.5) is 11.5 Å². The molecule has 2 aromatic carbocycles. The molecule has 2 aromatic heterocycles. The number of benzene rings is 2. The van der Waals surface area contributed by atoms with Crippen LogP contribution in [0.2, 0.25) is 0 Å². The molecule has 0 aliphatic carbocycles. The van der Waals surface area contributed by atoms with Crippen LogP contribution >= 0.6 is 0 Å². The highest BCUT2D eigenvalue weighted by Crippen LogP contribution is 2.38. The molecule has 0 atom stereocenters. The smallest absolute Gasteiger partial charge is 0.373 e. The molecule has 0 bridgehead atoms. The van der Waals surface area contributed by atoms with Crippen molar-refractivity contribution >= 4 is 22.4 Å². The van der Waals surface area contributed by atoms with Crippen molar-refractivity contribution in [2.45, 2.75) is 13.5 Å². The van der Waals surface area contributed by atoms with Crippen molar-refractivity contribution in [1.29, 1.82) is 0 Å². The van der Waals surface area contributed by atoms with Crippen LogP contribution in [0.5, 0.6) is 11.6 Å². The van der Waals surface area contributed by atoms with E-state index in [0.717, 1.165) is 30.7 Å². The van der Waals surface area contributed by atoms with E-state index in [1.807, 2.05) is 54.3 Å². The van der Waals surface area contributed by atoms with E-state index in [9.17, 15) is 10.1 Å². The molecule has 0 spiro atoms. The number of nitrogens with zero attached hydrogens (tertiary/aromatic N) is 6. The zero-order chi connectivity index (χ0) is 23.5. The van der Waals surface area contributed by atoms with Gasteiger partial charge in [0, 0.05) is 43.8 Å². The third-order valence-corrected chi connectivity index (χ3v) is 5.90. The number of aryl methyl sites for hydroxylation is 1. The fraction of sp³-hybridized carbons (Fsp3) is 0.240. The van der Waals surface area contributed by atoms with Crippen molar-refractivity contribution in [2.75, 3.05) is 31.1 Å². The maximum absolute atomic E-state index is 12.1. The monoisotopic (exact) mass is 456 g/mol. The van der Waals surface area contributed by atoms with Crippen LogP contribution in [0.15, 0.2) is 67.0 Å². The average Bonchev–Trinajstić information content (AvgIpc) is 2.85. The highest BCUT2D eigenvalue weighted by molar-refractivity contribution is 5.85. The van der Waals surface area contributed by atoms with Crippen LogP contribution in [0.1, 0.15) is 11.3 Å². The number of nitro groups is 1. The minimum Gasteiger partial charge on any atom is -0.431 e. The molecule has 3 heterocycles. The Morgan fingerprint density at radius 1 is 0.971 bits per heavy atom. The fourth-order valence-electron chi connectivity index (χ4n) is 4.18. The van der Waals surface area contributed by atoms with E-state index in [1.165, 1.54) is 11.9 Å². The quantitative estimate of drug-likeness (QED) is 0.312. The molecule has 0 N–H and O–H groups in total. The van der Waals surface area contributed by atoms with E-state index >= 15 is 0 Å². The molecule has 9 heteroatoms. The Bertz CT molecular complexity index is 1320. The Hall–Kier alpha value is -4.11. The second-order valence-electron chi connectivity index (χ2n) is 8.24. The fourth-order valence-corrected chi connectivity index (χ4v) is 4.18. The number of hydrogen-bond donors (Lipinski definition) is 0. The third-order valence-electron chi connectivity index (χ3n) is 5.90. The van der Waals surface area contributed by atoms with Gasteiger partial charge in [0.25, 0.3) is 0 Å². The van der Waals surface area contributed by atoms with Crippen LogP contribution in [-0.4, -0.2) is 51.0 Å². The van der Waals surface area contributed by atoms with E-state index in [1.54, 1.807) is 6.07 Å². The number of aromatic nitrogens is 3. The first kappa shape index (κ1) is 21.7. The molecule has 1 aliphatic heterocycles. The molecule has 1 fully saturated rings. The first-order valence-electron chi connectivity index (χ1n) is 11.1. The average molecular weight is 457 g/mol. The lowest BCUT2D eigenvalue weighted by Gasteiger charge is -2.35. The van der Waals surface area contributed by atoms with Crippen molar-refractivity contribution in [3.8, 4) is 11.6 Å². The summed E-state index contributed by atoms with van der Waals surface area (Å²) in [5.41, 5.74) is 2.48. The van der Waals surface area contributed by atoms with Crippen LogP contribution in [-0.2, 0) is 6.54 Å². The van der Waals surface area contributed by atoms with Gasteiger partial charge in [0.1, 0.15) is 11.8 Å². The zero-order valence-corrected chi connectivity index (χ0v) is 18.8. The second kappa shape index (κ2) is 9.40. The highest BCUT2D eigenvalue weighted by Gasteiger charge is 2.31. The molecule has 9 nitrogen and oxygen atoms in total. The number of rotatable bonds is 6. The summed E-state index contributed by atoms with van der Waals surface area (Å²) < 4.78 is 5.98. The SMILES string of the molecule is Cc1ccc2cccc(Oc3ncnc(N4CCN(Cc5ccccc5)CC4)c3[N+](=O)[O-])c2n1. The van der Waals surface area contributed by atoms with E-state index in [-0.39, 0.29) is 17.4 Å². The number of ether oxygens (including phenoxy) is 1. The van der Waals surface area contributed by atoms with Crippen molar-refractivity contribution in [1.82, 2.24) is 19.9 Å². The summed E-state index contributed by atoms with van der Waals surface area (Å²) in [5.74, 6) is 0.609. The van der Waals surface area contributed by atoms with Gasteiger partial charge in [0.15, 0.2) is 5.75 Å². The maximum atomic E-state index is 12.1. The largest absolute Gasteiger partial charge is 0.431 e. The molecule has 0 saturated carbocycles. The van der Waals surface area contributed by atoms with E-state index in [0.29, 0.717) is 24.4 Å². The van der Waals surface area contributed by atoms with Crippen molar-refractivity contribution < 1.29 is 9.66 Å². The third kappa shape index (κ3) is 4.51. The summed E-state index contributed by atoms with van der Waals surface area (Å²) in [5, 5.41) is 13.0. The summed E-state index contributed by atoms with van der Waals surface area (Å²) >= 11 is 0. The van der Waals surface area contributed by atoms with E-state index in [2.05, 4.69) is 32.0 Å². The van der Waals surface area contributed by atoms with Gasteiger partial charge in [-0.3, -0.25) is 15.0 Å². The van der Waals surface area contributed by atoms with E-state index < -0.39 is 4.92 Å². The molecule has 172 valence electrons. The van der Waals surface area contributed by atoms with Gasteiger partial charge in [0.2, 0.25) is 5.82 Å². The minimum atomic E-state index is -0.467. The van der Waals surface area contributed by atoms with E-state index in [4.69, 9.17) is 4.74 Å². The summed E-state index contributed by atoms with van der Waals surface area (Å²) in [6.07, 6.45) is 1.32. The zero-order valence-electron chi connectivity index (χ0n) is 18.8. The lowest BCUT2D eigenvalue weighted by molar-refractivity contribution is -0.385. The first-order valence-corrected chi connectivity index (χ1v) is 11.1. The van der Waals surface area contributed by atoms with Gasteiger partial charge in [0.05, 0.1) is 4.92 Å². The molecule has 34 heavy (non-hydrogen) atoms.